The van der Waals surface area contributed by atoms with E-state index in [4.69, 9.17) is 4.74 Å². The summed E-state index contributed by atoms with van der Waals surface area (Å²) < 4.78 is 5.19. The third-order valence-electron chi connectivity index (χ3n) is 2.04. The van der Waals surface area contributed by atoms with Crippen LogP contribution < -0.4 is 4.74 Å². The van der Waals surface area contributed by atoms with Gasteiger partial charge in [0.2, 0.25) is 0 Å². The van der Waals surface area contributed by atoms with Gasteiger partial charge in [-0.3, -0.25) is 4.99 Å². The lowest BCUT2D eigenvalue weighted by molar-refractivity contribution is 0.415. The van der Waals surface area contributed by atoms with Crippen molar-refractivity contribution in [1.82, 2.24) is 0 Å². The molecule has 1 aromatic carbocycles. The largest absolute Gasteiger partial charge is 0.494 e. The van der Waals surface area contributed by atoms with Crippen molar-refractivity contribution < 1.29 is 4.74 Å². The first-order valence-corrected chi connectivity index (χ1v) is 4.33. The van der Waals surface area contributed by atoms with Crippen LogP contribution in [0.3, 0.4) is 0 Å². The molecule has 0 N–H and O–H groups in total. The molecule has 1 rings (SSSR count). The maximum Gasteiger partial charge on any atom is 0.144 e. The number of aliphatic imine (C=N–C) groups is 1. The number of nitrogens with zero attached hydrogens (tertiary/aromatic N) is 1. The zero-order chi connectivity index (χ0) is 9.84. The number of hydrogen-bond acceptors (Lipinski definition) is 2. The fourth-order valence-electron chi connectivity index (χ4n) is 1.18. The SMILES string of the molecule is C=Nc1ccc(C(C)C)cc1OC. The van der Waals surface area contributed by atoms with Crippen molar-refractivity contribution >= 4 is 12.4 Å². The van der Waals surface area contributed by atoms with Gasteiger partial charge in [-0.05, 0) is 30.3 Å². The third-order valence-corrected chi connectivity index (χ3v) is 2.04. The van der Waals surface area contributed by atoms with Gasteiger partial charge in [-0.1, -0.05) is 19.9 Å². The molecule has 0 bridgehead atoms. The second-order valence-corrected chi connectivity index (χ2v) is 3.24. The van der Waals surface area contributed by atoms with Crippen molar-refractivity contribution in [2.75, 3.05) is 7.11 Å². The maximum absolute atomic E-state index is 5.19. The number of ether oxygens (including phenoxy) is 1. The molecular formula is C11H15NO. The van der Waals surface area contributed by atoms with Crippen molar-refractivity contribution in [1.29, 1.82) is 0 Å². The highest BCUT2D eigenvalue weighted by Gasteiger charge is 2.04. The highest BCUT2D eigenvalue weighted by molar-refractivity contribution is 5.57. The minimum absolute atomic E-state index is 0.507. The van der Waals surface area contributed by atoms with Gasteiger partial charge in [0, 0.05) is 0 Å². The fourth-order valence-corrected chi connectivity index (χ4v) is 1.18. The fraction of sp³-hybridized carbons (Fsp3) is 0.364. The normalized spacial score (nSPS) is 10.2. The molecule has 2 nitrogen and oxygen atoms in total. The van der Waals surface area contributed by atoms with Crippen molar-refractivity contribution in [3.63, 3.8) is 0 Å². The molecule has 0 aromatic heterocycles. The lowest BCUT2D eigenvalue weighted by Crippen LogP contribution is -1.89. The van der Waals surface area contributed by atoms with Crippen molar-refractivity contribution in [3.8, 4) is 5.75 Å². The minimum atomic E-state index is 0.507. The Morgan fingerprint density at radius 2 is 2.08 bits per heavy atom. The minimum Gasteiger partial charge on any atom is -0.494 e. The summed E-state index contributed by atoms with van der Waals surface area (Å²) in [6, 6.07) is 5.99. The van der Waals surface area contributed by atoms with Crippen molar-refractivity contribution in [2.24, 2.45) is 4.99 Å². The molecule has 13 heavy (non-hydrogen) atoms. The predicted octanol–water partition coefficient (Wildman–Crippen LogP) is 3.15. The summed E-state index contributed by atoms with van der Waals surface area (Å²) in [5, 5.41) is 0. The van der Waals surface area contributed by atoms with E-state index in [1.54, 1.807) is 7.11 Å². The number of rotatable bonds is 3. The summed E-state index contributed by atoms with van der Waals surface area (Å²) in [4.78, 5) is 3.87. The van der Waals surface area contributed by atoms with Gasteiger partial charge in [0.05, 0.1) is 7.11 Å². The third kappa shape index (κ3) is 2.08. The van der Waals surface area contributed by atoms with Gasteiger partial charge < -0.3 is 4.74 Å². The van der Waals surface area contributed by atoms with Gasteiger partial charge in [0.25, 0.3) is 0 Å². The number of benzene rings is 1. The molecule has 0 unspecified atom stereocenters. The molecule has 2 heteroatoms. The molecule has 0 spiro atoms. The Morgan fingerprint density at radius 3 is 2.54 bits per heavy atom. The smallest absolute Gasteiger partial charge is 0.144 e. The molecule has 70 valence electrons. The van der Waals surface area contributed by atoms with Gasteiger partial charge in [-0.15, -0.1) is 0 Å². The average molecular weight is 177 g/mol. The monoisotopic (exact) mass is 177 g/mol. The van der Waals surface area contributed by atoms with E-state index in [1.807, 2.05) is 12.1 Å². The molecular weight excluding hydrogens is 162 g/mol. The van der Waals surface area contributed by atoms with Crippen LogP contribution in [-0.2, 0) is 0 Å². The molecule has 0 saturated carbocycles. The molecule has 0 amide bonds. The standard InChI is InChI=1S/C11H15NO/c1-8(2)9-5-6-10(12-3)11(7-9)13-4/h5-8H,3H2,1-2,4H3. The van der Waals surface area contributed by atoms with Crippen LogP contribution in [0, 0.1) is 0 Å². The van der Waals surface area contributed by atoms with Crippen LogP contribution in [0.1, 0.15) is 25.3 Å². The van der Waals surface area contributed by atoms with Gasteiger partial charge in [0.15, 0.2) is 0 Å². The van der Waals surface area contributed by atoms with Crippen LogP contribution in [0.25, 0.3) is 0 Å². The van der Waals surface area contributed by atoms with E-state index in [9.17, 15) is 0 Å². The Labute approximate surface area is 79.3 Å². The Morgan fingerprint density at radius 1 is 1.38 bits per heavy atom. The van der Waals surface area contributed by atoms with Gasteiger partial charge >= 0.3 is 0 Å². The quantitative estimate of drug-likeness (QED) is 0.650. The topological polar surface area (TPSA) is 21.6 Å². The summed E-state index contributed by atoms with van der Waals surface area (Å²) in [5.41, 5.74) is 2.05. The molecule has 0 radical (unpaired) electrons. The zero-order valence-electron chi connectivity index (χ0n) is 8.37. The Bertz CT molecular complexity index is 305. The van der Waals surface area contributed by atoms with Crippen LogP contribution in [0.15, 0.2) is 23.2 Å². The summed E-state index contributed by atoms with van der Waals surface area (Å²) in [6.07, 6.45) is 0. The van der Waals surface area contributed by atoms with E-state index in [0.717, 1.165) is 11.4 Å². The first-order chi connectivity index (χ1) is 6.19. The van der Waals surface area contributed by atoms with E-state index >= 15 is 0 Å². The maximum atomic E-state index is 5.19. The van der Waals surface area contributed by atoms with E-state index in [-0.39, 0.29) is 0 Å². The number of hydrogen-bond donors (Lipinski definition) is 0. The van der Waals surface area contributed by atoms with Crippen LogP contribution in [0.4, 0.5) is 5.69 Å². The lowest BCUT2D eigenvalue weighted by Gasteiger charge is -2.09. The highest BCUT2D eigenvalue weighted by Crippen LogP contribution is 2.30. The van der Waals surface area contributed by atoms with Crippen molar-refractivity contribution in [3.05, 3.63) is 23.8 Å². The Balaban J connectivity index is 3.12. The van der Waals surface area contributed by atoms with Gasteiger partial charge in [0.1, 0.15) is 11.4 Å². The molecule has 0 aliphatic heterocycles. The summed E-state index contributed by atoms with van der Waals surface area (Å²) in [6.45, 7) is 7.78. The molecule has 1 aromatic rings. The summed E-state index contributed by atoms with van der Waals surface area (Å²) >= 11 is 0. The van der Waals surface area contributed by atoms with Crippen molar-refractivity contribution in [2.45, 2.75) is 19.8 Å². The predicted molar refractivity (Wildman–Crippen MR) is 56.3 cm³/mol. The van der Waals surface area contributed by atoms with E-state index in [1.165, 1.54) is 5.56 Å². The zero-order valence-corrected chi connectivity index (χ0v) is 8.37. The van der Waals surface area contributed by atoms with Crippen LogP contribution in [0.2, 0.25) is 0 Å². The second kappa shape index (κ2) is 4.08. The second-order valence-electron chi connectivity index (χ2n) is 3.24. The summed E-state index contributed by atoms with van der Waals surface area (Å²) in [7, 11) is 1.65. The summed E-state index contributed by atoms with van der Waals surface area (Å²) in [5.74, 6) is 1.30. The van der Waals surface area contributed by atoms with E-state index in [2.05, 4.69) is 31.6 Å². The molecule has 0 atom stereocenters. The van der Waals surface area contributed by atoms with Gasteiger partial charge in [-0.25, -0.2) is 0 Å². The molecule has 0 heterocycles. The molecule has 0 saturated heterocycles. The lowest BCUT2D eigenvalue weighted by atomic mass is 10.0. The first-order valence-electron chi connectivity index (χ1n) is 4.33. The van der Waals surface area contributed by atoms with Crippen LogP contribution in [0.5, 0.6) is 5.75 Å². The highest BCUT2D eigenvalue weighted by atomic mass is 16.5. The first kappa shape index (κ1) is 9.78. The Hall–Kier alpha value is -1.31. The van der Waals surface area contributed by atoms with Crippen LogP contribution >= 0.6 is 0 Å². The van der Waals surface area contributed by atoms with E-state index < -0.39 is 0 Å². The molecule has 0 aliphatic carbocycles. The number of methoxy groups -OCH3 is 1. The molecule has 0 fully saturated rings. The Kier molecular flexibility index (Phi) is 3.07. The van der Waals surface area contributed by atoms with Crippen LogP contribution in [-0.4, -0.2) is 13.8 Å². The molecule has 0 aliphatic rings. The average Bonchev–Trinajstić information content (AvgIpc) is 2.16. The van der Waals surface area contributed by atoms with Gasteiger partial charge in [-0.2, -0.15) is 0 Å². The van der Waals surface area contributed by atoms with E-state index in [0.29, 0.717) is 5.92 Å².